The first-order valence-corrected chi connectivity index (χ1v) is 8.92. The Balaban J connectivity index is 1.73. The lowest BCUT2D eigenvalue weighted by molar-refractivity contribution is 0.310. The van der Waals surface area contributed by atoms with Gasteiger partial charge in [0.2, 0.25) is 0 Å². The molecule has 0 saturated carbocycles. The van der Waals surface area contributed by atoms with Crippen LogP contribution in [-0.4, -0.2) is 45.4 Å². The molecule has 2 aromatic carbocycles. The van der Waals surface area contributed by atoms with Crippen LogP contribution in [0.3, 0.4) is 0 Å². The molecule has 25 heavy (non-hydrogen) atoms. The van der Waals surface area contributed by atoms with Crippen LogP contribution in [0.25, 0.3) is 21.8 Å². The van der Waals surface area contributed by atoms with Crippen molar-refractivity contribution < 1.29 is 9.47 Å². The van der Waals surface area contributed by atoms with Crippen molar-refractivity contribution in [2.75, 3.05) is 40.4 Å². The molecule has 0 amide bonds. The van der Waals surface area contributed by atoms with Crippen molar-refractivity contribution in [1.82, 2.24) is 15.6 Å². The maximum Gasteiger partial charge on any atom is 0.121 e. The molecule has 0 spiro atoms. The average molecular weight is 341 g/mol. The fourth-order valence-electron chi connectivity index (χ4n) is 2.93. The lowest BCUT2D eigenvalue weighted by atomic mass is 10.1. The molecule has 0 bridgehead atoms. The Bertz CT molecular complexity index is 747. The van der Waals surface area contributed by atoms with Crippen LogP contribution in [0.5, 0.6) is 11.5 Å². The fourth-order valence-corrected chi connectivity index (χ4v) is 2.93. The number of aromatic amines is 1. The molecule has 0 aliphatic carbocycles. The Kier molecular flexibility index (Phi) is 6.14. The van der Waals surface area contributed by atoms with Gasteiger partial charge in [0.15, 0.2) is 0 Å². The van der Waals surface area contributed by atoms with Crippen LogP contribution in [0.1, 0.15) is 12.8 Å². The van der Waals surface area contributed by atoms with Gasteiger partial charge in [0.05, 0.1) is 24.2 Å². The van der Waals surface area contributed by atoms with Crippen molar-refractivity contribution >= 4 is 21.8 Å². The van der Waals surface area contributed by atoms with E-state index in [0.717, 1.165) is 61.7 Å². The predicted molar refractivity (Wildman–Crippen MR) is 104 cm³/mol. The van der Waals surface area contributed by atoms with Crippen LogP contribution in [0.15, 0.2) is 36.4 Å². The summed E-state index contributed by atoms with van der Waals surface area (Å²) in [5, 5.41) is 8.67. The molecule has 5 heteroatoms. The first kappa shape index (κ1) is 17.6. The monoisotopic (exact) mass is 341 g/mol. The quantitative estimate of drug-likeness (QED) is 0.495. The minimum atomic E-state index is 0.719. The normalized spacial score (nSPS) is 11.3. The van der Waals surface area contributed by atoms with Crippen molar-refractivity contribution in [2.24, 2.45) is 0 Å². The zero-order valence-electron chi connectivity index (χ0n) is 15.0. The van der Waals surface area contributed by atoms with E-state index >= 15 is 0 Å². The van der Waals surface area contributed by atoms with Gasteiger partial charge in [0.1, 0.15) is 11.5 Å². The third kappa shape index (κ3) is 4.44. The molecule has 3 aromatic rings. The van der Waals surface area contributed by atoms with Gasteiger partial charge >= 0.3 is 0 Å². The molecule has 1 heterocycles. The van der Waals surface area contributed by atoms with Gasteiger partial charge in [-0.1, -0.05) is 0 Å². The molecule has 0 fully saturated rings. The van der Waals surface area contributed by atoms with Crippen LogP contribution in [0.4, 0.5) is 0 Å². The molecular formula is C20H27N3O2. The third-order valence-electron chi connectivity index (χ3n) is 4.22. The SMILES string of the molecule is CNCCCOc1ccc2c(c1)[nH]c1cc(OCCCNC)ccc12. The van der Waals surface area contributed by atoms with Gasteiger partial charge in [-0.2, -0.15) is 0 Å². The van der Waals surface area contributed by atoms with E-state index in [-0.39, 0.29) is 0 Å². The number of hydrogen-bond acceptors (Lipinski definition) is 4. The van der Waals surface area contributed by atoms with Gasteiger partial charge in [0.25, 0.3) is 0 Å². The van der Waals surface area contributed by atoms with E-state index in [4.69, 9.17) is 9.47 Å². The second-order valence-electron chi connectivity index (χ2n) is 6.15. The minimum Gasteiger partial charge on any atom is -0.493 e. The van der Waals surface area contributed by atoms with Crippen LogP contribution < -0.4 is 20.1 Å². The van der Waals surface area contributed by atoms with E-state index in [0.29, 0.717) is 0 Å². The number of rotatable bonds is 10. The fraction of sp³-hybridized carbons (Fsp3) is 0.400. The van der Waals surface area contributed by atoms with Crippen LogP contribution in [-0.2, 0) is 0 Å². The summed E-state index contributed by atoms with van der Waals surface area (Å²) < 4.78 is 11.6. The van der Waals surface area contributed by atoms with Crippen molar-refractivity contribution in [1.29, 1.82) is 0 Å². The largest absolute Gasteiger partial charge is 0.493 e. The van der Waals surface area contributed by atoms with E-state index in [1.165, 1.54) is 10.8 Å². The molecule has 0 radical (unpaired) electrons. The molecular weight excluding hydrogens is 314 g/mol. The van der Waals surface area contributed by atoms with Gasteiger partial charge in [-0.25, -0.2) is 0 Å². The number of aromatic nitrogens is 1. The van der Waals surface area contributed by atoms with Crippen molar-refractivity contribution in [2.45, 2.75) is 12.8 Å². The Hall–Kier alpha value is -2.24. The molecule has 1 aromatic heterocycles. The molecule has 0 atom stereocenters. The standard InChI is InChI=1S/C20H27N3O2/c1-21-9-3-11-24-15-5-7-17-18-8-6-16(25-12-4-10-22-2)14-20(18)23-19(17)13-15/h5-8,13-14,21-23H,3-4,9-12H2,1-2H3. The zero-order valence-corrected chi connectivity index (χ0v) is 15.0. The molecule has 3 N–H and O–H groups in total. The first-order valence-electron chi connectivity index (χ1n) is 8.92. The summed E-state index contributed by atoms with van der Waals surface area (Å²) in [6.45, 7) is 3.37. The maximum absolute atomic E-state index is 5.82. The van der Waals surface area contributed by atoms with Crippen molar-refractivity contribution in [3.05, 3.63) is 36.4 Å². The molecule has 0 aliphatic heterocycles. The lowest BCUT2D eigenvalue weighted by Gasteiger charge is -2.06. The number of benzene rings is 2. The summed E-state index contributed by atoms with van der Waals surface area (Å²) in [6.07, 6.45) is 1.99. The summed E-state index contributed by atoms with van der Waals surface area (Å²) in [5.41, 5.74) is 2.18. The highest BCUT2D eigenvalue weighted by atomic mass is 16.5. The second-order valence-corrected chi connectivity index (χ2v) is 6.15. The summed E-state index contributed by atoms with van der Waals surface area (Å²) >= 11 is 0. The van der Waals surface area contributed by atoms with Crippen LogP contribution in [0, 0.1) is 0 Å². The minimum absolute atomic E-state index is 0.719. The highest BCUT2D eigenvalue weighted by Gasteiger charge is 2.07. The predicted octanol–water partition coefficient (Wildman–Crippen LogP) is 3.30. The van der Waals surface area contributed by atoms with E-state index in [2.05, 4.69) is 39.9 Å². The lowest BCUT2D eigenvalue weighted by Crippen LogP contribution is -2.11. The van der Waals surface area contributed by atoms with Crippen LogP contribution >= 0.6 is 0 Å². The molecule has 3 rings (SSSR count). The van der Waals surface area contributed by atoms with Crippen LogP contribution in [0.2, 0.25) is 0 Å². The van der Waals surface area contributed by atoms with E-state index in [1.54, 1.807) is 0 Å². The molecule has 0 saturated heterocycles. The second kappa shape index (κ2) is 8.74. The van der Waals surface area contributed by atoms with Crippen molar-refractivity contribution in [3.63, 3.8) is 0 Å². The van der Waals surface area contributed by atoms with E-state index < -0.39 is 0 Å². The number of nitrogens with one attached hydrogen (secondary N) is 3. The Labute approximate surface area is 148 Å². The van der Waals surface area contributed by atoms with Gasteiger partial charge in [-0.3, -0.25) is 0 Å². The first-order chi connectivity index (χ1) is 12.3. The zero-order chi connectivity index (χ0) is 17.5. The molecule has 5 nitrogen and oxygen atoms in total. The van der Waals surface area contributed by atoms with E-state index in [1.807, 2.05) is 26.2 Å². The summed E-state index contributed by atoms with van der Waals surface area (Å²) in [4.78, 5) is 3.48. The summed E-state index contributed by atoms with van der Waals surface area (Å²) in [7, 11) is 3.91. The van der Waals surface area contributed by atoms with Gasteiger partial charge in [-0.05, 0) is 64.3 Å². The summed E-state index contributed by atoms with van der Waals surface area (Å²) in [6, 6.07) is 12.5. The van der Waals surface area contributed by atoms with E-state index in [9.17, 15) is 0 Å². The number of hydrogen-bond donors (Lipinski definition) is 3. The maximum atomic E-state index is 5.82. The number of ether oxygens (including phenoxy) is 2. The topological polar surface area (TPSA) is 58.3 Å². The number of H-pyrrole nitrogens is 1. The highest BCUT2D eigenvalue weighted by molar-refractivity contribution is 6.07. The van der Waals surface area contributed by atoms with Gasteiger partial charge < -0.3 is 25.1 Å². The van der Waals surface area contributed by atoms with Gasteiger partial charge in [-0.15, -0.1) is 0 Å². The van der Waals surface area contributed by atoms with Gasteiger partial charge in [0, 0.05) is 22.9 Å². The molecule has 0 aliphatic rings. The van der Waals surface area contributed by atoms with Crippen molar-refractivity contribution in [3.8, 4) is 11.5 Å². The summed E-state index contributed by atoms with van der Waals surface area (Å²) in [5.74, 6) is 1.80. The molecule has 0 unspecified atom stereocenters. The smallest absolute Gasteiger partial charge is 0.121 e. The highest BCUT2D eigenvalue weighted by Crippen LogP contribution is 2.30. The number of fused-ring (bicyclic) bond motifs is 3. The average Bonchev–Trinajstić information content (AvgIpc) is 2.99. The third-order valence-corrected chi connectivity index (χ3v) is 4.22. The Morgan fingerprint density at radius 2 is 1.24 bits per heavy atom. The Morgan fingerprint density at radius 3 is 1.68 bits per heavy atom. The Morgan fingerprint density at radius 1 is 0.760 bits per heavy atom. The molecule has 134 valence electrons.